The second-order valence-electron chi connectivity index (χ2n) is 4.74. The van der Waals surface area contributed by atoms with E-state index >= 15 is 0 Å². The Morgan fingerprint density at radius 1 is 1.48 bits per heavy atom. The Morgan fingerprint density at radius 3 is 2.91 bits per heavy atom. The number of aromatic nitrogens is 1. The van der Waals surface area contributed by atoms with Crippen LogP contribution in [0.3, 0.4) is 0 Å². The van der Waals surface area contributed by atoms with Gasteiger partial charge < -0.3 is 15.2 Å². The number of ether oxygens (including phenoxy) is 1. The molecular weight excluding hydrogens is 323 g/mol. The zero-order chi connectivity index (χ0) is 16.8. The monoisotopic (exact) mass is 338 g/mol. The number of rotatable bonds is 7. The molecule has 0 aliphatic rings. The highest BCUT2D eigenvalue weighted by atomic mass is 32.1. The number of carbonyl (C=O) groups excluding carboxylic acids is 1. The lowest BCUT2D eigenvalue weighted by Crippen LogP contribution is -2.44. The molecular formula is C15H15FN2O4S. The fourth-order valence-corrected chi connectivity index (χ4v) is 2.71. The van der Waals surface area contributed by atoms with Crippen molar-refractivity contribution in [1.29, 1.82) is 0 Å². The van der Waals surface area contributed by atoms with E-state index in [1.807, 2.05) is 0 Å². The molecule has 2 aromatic rings. The second-order valence-corrected chi connectivity index (χ2v) is 5.60. The minimum atomic E-state index is -1.17. The van der Waals surface area contributed by atoms with Crippen molar-refractivity contribution in [3.8, 4) is 10.6 Å². The van der Waals surface area contributed by atoms with Gasteiger partial charge in [-0.25, -0.2) is 14.2 Å². The number of aliphatic carboxylic acids is 1. The molecule has 8 heteroatoms. The fourth-order valence-electron chi connectivity index (χ4n) is 1.89. The first-order chi connectivity index (χ1) is 11.0. The predicted octanol–water partition coefficient (Wildman–Crippen LogP) is 1.71. The molecule has 122 valence electrons. The summed E-state index contributed by atoms with van der Waals surface area (Å²) in [6, 6.07) is 4.91. The molecule has 0 radical (unpaired) electrons. The molecule has 6 nitrogen and oxygen atoms in total. The molecule has 2 rings (SSSR count). The summed E-state index contributed by atoms with van der Waals surface area (Å²) in [4.78, 5) is 27.1. The van der Waals surface area contributed by atoms with Crippen LogP contribution >= 0.6 is 11.3 Å². The van der Waals surface area contributed by atoms with E-state index in [0.717, 1.165) is 0 Å². The van der Waals surface area contributed by atoms with E-state index < -0.39 is 17.9 Å². The van der Waals surface area contributed by atoms with Crippen LogP contribution < -0.4 is 5.32 Å². The maximum Gasteiger partial charge on any atom is 0.328 e. The number of benzene rings is 1. The summed E-state index contributed by atoms with van der Waals surface area (Å²) in [5.41, 5.74) is 1.12. The Kier molecular flexibility index (Phi) is 5.78. The van der Waals surface area contributed by atoms with Crippen molar-refractivity contribution in [2.24, 2.45) is 0 Å². The lowest BCUT2D eigenvalue weighted by atomic mass is 10.2. The average Bonchev–Trinajstić information content (AvgIpc) is 2.95. The largest absolute Gasteiger partial charge is 0.480 e. The van der Waals surface area contributed by atoms with Crippen LogP contribution in [0.5, 0.6) is 0 Å². The van der Waals surface area contributed by atoms with Crippen LogP contribution in [0.1, 0.15) is 5.69 Å². The number of methoxy groups -OCH3 is 1. The molecule has 0 fully saturated rings. The smallest absolute Gasteiger partial charge is 0.328 e. The number of nitrogens with zero attached hydrogens (tertiary/aromatic N) is 1. The molecule has 1 aromatic heterocycles. The fraction of sp³-hybridized carbons (Fsp3) is 0.267. The molecule has 1 unspecified atom stereocenters. The Bertz CT molecular complexity index is 704. The molecule has 0 saturated heterocycles. The SMILES string of the molecule is COCC(NC(=O)Cc1csc(-c2cccc(F)c2)n1)C(=O)O. The zero-order valence-corrected chi connectivity index (χ0v) is 13.1. The summed E-state index contributed by atoms with van der Waals surface area (Å²) in [5.74, 6) is -2.00. The third-order valence-electron chi connectivity index (χ3n) is 2.93. The van der Waals surface area contributed by atoms with Gasteiger partial charge in [-0.1, -0.05) is 12.1 Å². The van der Waals surface area contributed by atoms with Gasteiger partial charge in [0.2, 0.25) is 5.91 Å². The lowest BCUT2D eigenvalue weighted by molar-refractivity contribution is -0.143. The van der Waals surface area contributed by atoms with Crippen LogP contribution in [0.15, 0.2) is 29.6 Å². The highest BCUT2D eigenvalue weighted by Gasteiger charge is 2.20. The van der Waals surface area contributed by atoms with Crippen LogP contribution in [0.25, 0.3) is 10.6 Å². The Hall–Kier alpha value is -2.32. The van der Waals surface area contributed by atoms with E-state index in [1.165, 1.54) is 30.6 Å². The van der Waals surface area contributed by atoms with Gasteiger partial charge in [-0.2, -0.15) is 0 Å². The van der Waals surface area contributed by atoms with Gasteiger partial charge in [0.05, 0.1) is 18.7 Å². The van der Waals surface area contributed by atoms with Crippen LogP contribution in [0, 0.1) is 5.82 Å². The van der Waals surface area contributed by atoms with Crippen LogP contribution in [-0.2, 0) is 20.7 Å². The van der Waals surface area contributed by atoms with Crippen LogP contribution in [0.4, 0.5) is 4.39 Å². The van der Waals surface area contributed by atoms with Gasteiger partial charge in [-0.05, 0) is 12.1 Å². The number of halogens is 1. The Labute approximate surface area is 135 Å². The second kappa shape index (κ2) is 7.80. The molecule has 1 aromatic carbocycles. The van der Waals surface area contributed by atoms with Gasteiger partial charge in [0.25, 0.3) is 0 Å². The van der Waals surface area contributed by atoms with Crippen LogP contribution in [-0.4, -0.2) is 41.7 Å². The molecule has 2 N–H and O–H groups in total. The van der Waals surface area contributed by atoms with E-state index in [9.17, 15) is 14.0 Å². The van der Waals surface area contributed by atoms with Crippen molar-refractivity contribution < 1.29 is 23.8 Å². The maximum absolute atomic E-state index is 13.2. The summed E-state index contributed by atoms with van der Waals surface area (Å²) in [6.07, 6.45) is -0.0562. The molecule has 1 amide bonds. The van der Waals surface area contributed by atoms with Gasteiger partial charge in [0.15, 0.2) is 6.04 Å². The lowest BCUT2D eigenvalue weighted by Gasteiger charge is -2.12. The Morgan fingerprint density at radius 2 is 2.26 bits per heavy atom. The van der Waals surface area contributed by atoms with Crippen molar-refractivity contribution in [3.05, 3.63) is 41.2 Å². The Balaban J connectivity index is 2.01. The molecule has 1 heterocycles. The molecule has 0 bridgehead atoms. The highest BCUT2D eigenvalue weighted by Crippen LogP contribution is 2.24. The normalized spacial score (nSPS) is 11.9. The quantitative estimate of drug-likeness (QED) is 0.802. The number of nitrogens with one attached hydrogen (secondary N) is 1. The van der Waals surface area contributed by atoms with E-state index in [0.29, 0.717) is 16.3 Å². The molecule has 0 aliphatic carbocycles. The minimum absolute atomic E-state index is 0.0562. The molecule has 0 spiro atoms. The average molecular weight is 338 g/mol. The summed E-state index contributed by atoms with van der Waals surface area (Å²) in [5, 5.41) is 13.6. The van der Waals surface area contributed by atoms with E-state index in [2.05, 4.69) is 10.3 Å². The number of carboxylic acids is 1. The number of carboxylic acid groups (broad SMARTS) is 1. The number of hydrogen-bond acceptors (Lipinski definition) is 5. The summed E-state index contributed by atoms with van der Waals surface area (Å²) in [7, 11) is 1.35. The van der Waals surface area contributed by atoms with Gasteiger partial charge in [0, 0.05) is 18.1 Å². The first-order valence-electron chi connectivity index (χ1n) is 6.71. The number of carbonyl (C=O) groups is 2. The van der Waals surface area contributed by atoms with E-state index in [4.69, 9.17) is 9.84 Å². The first-order valence-corrected chi connectivity index (χ1v) is 7.59. The summed E-state index contributed by atoms with van der Waals surface area (Å²) >= 11 is 1.29. The van der Waals surface area contributed by atoms with Gasteiger partial charge in [-0.3, -0.25) is 4.79 Å². The van der Waals surface area contributed by atoms with E-state index in [1.54, 1.807) is 17.5 Å². The predicted molar refractivity (Wildman–Crippen MR) is 82.7 cm³/mol. The summed E-state index contributed by atoms with van der Waals surface area (Å²) < 4.78 is 18.0. The van der Waals surface area contributed by atoms with E-state index in [-0.39, 0.29) is 18.8 Å². The molecule has 1 atom stereocenters. The topological polar surface area (TPSA) is 88.5 Å². The number of amides is 1. The number of thiazole rings is 1. The molecule has 0 saturated carbocycles. The summed E-state index contributed by atoms with van der Waals surface area (Å²) in [6.45, 7) is -0.118. The standard InChI is InChI=1S/C15H15FN2O4S/c1-22-7-12(15(20)21)18-13(19)6-11-8-23-14(17-11)9-3-2-4-10(16)5-9/h2-5,8,12H,6-7H2,1H3,(H,18,19)(H,20,21). The van der Waals surface area contributed by atoms with Crippen molar-refractivity contribution in [1.82, 2.24) is 10.3 Å². The molecule has 0 aliphatic heterocycles. The minimum Gasteiger partial charge on any atom is -0.480 e. The van der Waals surface area contributed by atoms with Crippen molar-refractivity contribution >= 4 is 23.2 Å². The van der Waals surface area contributed by atoms with Crippen LogP contribution in [0.2, 0.25) is 0 Å². The third-order valence-corrected chi connectivity index (χ3v) is 3.87. The highest BCUT2D eigenvalue weighted by molar-refractivity contribution is 7.13. The van der Waals surface area contributed by atoms with Gasteiger partial charge in [0.1, 0.15) is 10.8 Å². The number of hydrogen-bond donors (Lipinski definition) is 2. The first kappa shape index (κ1) is 17.0. The van der Waals surface area contributed by atoms with Crippen molar-refractivity contribution in [2.45, 2.75) is 12.5 Å². The van der Waals surface area contributed by atoms with Gasteiger partial charge in [-0.15, -0.1) is 11.3 Å². The van der Waals surface area contributed by atoms with Crippen molar-refractivity contribution in [2.75, 3.05) is 13.7 Å². The van der Waals surface area contributed by atoms with Gasteiger partial charge >= 0.3 is 5.97 Å². The third kappa shape index (κ3) is 4.83. The molecule has 23 heavy (non-hydrogen) atoms. The van der Waals surface area contributed by atoms with Crippen molar-refractivity contribution in [3.63, 3.8) is 0 Å². The maximum atomic E-state index is 13.2. The zero-order valence-electron chi connectivity index (χ0n) is 12.3.